The number of carbonyl (C=O) groups excluding carboxylic acids is 2. The van der Waals surface area contributed by atoms with Gasteiger partial charge in [-0.2, -0.15) is 0 Å². The average molecular weight is 669 g/mol. The van der Waals surface area contributed by atoms with Gasteiger partial charge in [-0.25, -0.2) is 14.6 Å². The van der Waals surface area contributed by atoms with Crippen LogP contribution in [0.15, 0.2) is 78.7 Å². The first-order valence-corrected chi connectivity index (χ1v) is 16.8. The maximum absolute atomic E-state index is 14.0. The number of rotatable bonds is 9. The number of aliphatic hydroxyl groups excluding tert-OH is 1. The molecule has 12 heteroatoms. The van der Waals surface area contributed by atoms with Crippen LogP contribution in [0.5, 0.6) is 11.5 Å². The fourth-order valence-electron chi connectivity index (χ4n) is 6.89. The number of methoxy groups -OCH3 is 1. The van der Waals surface area contributed by atoms with Gasteiger partial charge in [-0.05, 0) is 48.4 Å². The molecule has 1 aliphatic heterocycles. The summed E-state index contributed by atoms with van der Waals surface area (Å²) >= 11 is 1.58. The van der Waals surface area contributed by atoms with Crippen LogP contribution in [-0.4, -0.2) is 75.4 Å². The van der Waals surface area contributed by atoms with Crippen molar-refractivity contribution < 1.29 is 34.1 Å². The summed E-state index contributed by atoms with van der Waals surface area (Å²) in [5, 5.41) is 29.2. The van der Waals surface area contributed by atoms with Crippen LogP contribution in [0, 0.1) is 5.92 Å². The van der Waals surface area contributed by atoms with Gasteiger partial charge < -0.3 is 35.2 Å². The number of pyridine rings is 1. The Kier molecular flexibility index (Phi) is 8.30. The molecule has 3 amide bonds. The lowest BCUT2D eigenvalue weighted by Gasteiger charge is -2.32. The molecule has 0 radical (unpaired) electrons. The summed E-state index contributed by atoms with van der Waals surface area (Å²) in [6.07, 6.45) is 1.68. The van der Waals surface area contributed by atoms with E-state index in [0.717, 1.165) is 27.8 Å². The number of carbonyl (C=O) groups is 3. The number of aliphatic hydroxyl groups is 1. The van der Waals surface area contributed by atoms with E-state index in [9.17, 15) is 24.6 Å². The van der Waals surface area contributed by atoms with Gasteiger partial charge in [-0.3, -0.25) is 4.79 Å². The fraction of sp³-hybridized carbons (Fsp3) is 0.333. The Morgan fingerprint density at radius 2 is 1.96 bits per heavy atom. The van der Waals surface area contributed by atoms with E-state index >= 15 is 0 Å². The third-order valence-electron chi connectivity index (χ3n) is 9.64. The van der Waals surface area contributed by atoms with Crippen LogP contribution in [-0.2, 0) is 16.0 Å². The SMILES string of the molecule is C=CC1C[C@]1(NC(=O)[C@@H]1C[C@@H](Oc2cc(-c3ccccc3)nc3cc(OC)ccc23)CN1C(=O)NC1c2ccsc2CC[C@H]1O)C(=O)O. The summed E-state index contributed by atoms with van der Waals surface area (Å²) in [5.74, 6) is -0.992. The van der Waals surface area contributed by atoms with Gasteiger partial charge in [0, 0.05) is 40.3 Å². The van der Waals surface area contributed by atoms with E-state index in [4.69, 9.17) is 14.5 Å². The predicted molar refractivity (Wildman–Crippen MR) is 180 cm³/mol. The molecule has 2 aromatic carbocycles. The number of nitrogens with zero attached hydrogens (tertiary/aromatic N) is 2. The maximum Gasteiger partial charge on any atom is 0.330 e. The van der Waals surface area contributed by atoms with Crippen molar-refractivity contribution in [3.8, 4) is 22.8 Å². The van der Waals surface area contributed by atoms with Gasteiger partial charge >= 0.3 is 12.0 Å². The highest BCUT2D eigenvalue weighted by Crippen LogP contribution is 2.45. The number of aromatic nitrogens is 1. The molecule has 2 aliphatic carbocycles. The maximum atomic E-state index is 14.0. The van der Waals surface area contributed by atoms with Crippen molar-refractivity contribution in [2.75, 3.05) is 13.7 Å². The quantitative estimate of drug-likeness (QED) is 0.188. The lowest BCUT2D eigenvalue weighted by molar-refractivity contribution is -0.144. The minimum absolute atomic E-state index is 0.0504. The number of carboxylic acid groups (broad SMARTS) is 1. The third kappa shape index (κ3) is 5.75. The van der Waals surface area contributed by atoms with Gasteiger partial charge in [0.15, 0.2) is 0 Å². The summed E-state index contributed by atoms with van der Waals surface area (Å²) < 4.78 is 12.1. The number of fused-ring (bicyclic) bond motifs is 2. The number of aryl methyl sites for hydroxylation is 1. The van der Waals surface area contributed by atoms with Gasteiger partial charge in [0.2, 0.25) is 5.91 Å². The second-order valence-corrected chi connectivity index (χ2v) is 13.5. The van der Waals surface area contributed by atoms with Crippen LogP contribution < -0.4 is 20.1 Å². The minimum Gasteiger partial charge on any atom is -0.497 e. The number of hydrogen-bond donors (Lipinski definition) is 4. The predicted octanol–water partition coefficient (Wildman–Crippen LogP) is 4.70. The van der Waals surface area contributed by atoms with Crippen LogP contribution >= 0.6 is 11.3 Å². The number of likely N-dealkylation sites (tertiary alicyclic amines) is 1. The molecule has 0 spiro atoms. The van der Waals surface area contributed by atoms with E-state index in [1.807, 2.05) is 66.0 Å². The van der Waals surface area contributed by atoms with Gasteiger partial charge in [0.1, 0.15) is 29.2 Å². The highest BCUT2D eigenvalue weighted by Gasteiger charge is 2.61. The molecule has 3 aliphatic rings. The number of benzene rings is 2. The van der Waals surface area contributed by atoms with E-state index in [1.54, 1.807) is 18.4 Å². The van der Waals surface area contributed by atoms with Crippen molar-refractivity contribution in [1.82, 2.24) is 20.5 Å². The number of urea groups is 1. The molecule has 1 saturated carbocycles. The number of amides is 3. The first kappa shape index (κ1) is 31.6. The molecule has 1 saturated heterocycles. The Morgan fingerprint density at radius 3 is 2.69 bits per heavy atom. The van der Waals surface area contributed by atoms with E-state index in [0.29, 0.717) is 29.1 Å². The zero-order valence-corrected chi connectivity index (χ0v) is 27.1. The van der Waals surface area contributed by atoms with Gasteiger partial charge in [-0.1, -0.05) is 36.4 Å². The first-order chi connectivity index (χ1) is 23.2. The molecule has 11 nitrogen and oxygen atoms in total. The molecule has 6 atom stereocenters. The Balaban J connectivity index is 1.20. The molecule has 3 heterocycles. The molecule has 4 aromatic rings. The molecule has 248 valence electrons. The van der Waals surface area contributed by atoms with Crippen LogP contribution in [0.1, 0.15) is 35.7 Å². The largest absolute Gasteiger partial charge is 0.497 e. The third-order valence-corrected chi connectivity index (χ3v) is 10.6. The van der Waals surface area contributed by atoms with Crippen molar-refractivity contribution in [3.05, 3.63) is 89.1 Å². The second kappa shape index (κ2) is 12.6. The minimum atomic E-state index is -1.46. The standard InChI is InChI=1S/C36H36N4O7S/c1-3-21-18-36(21,34(43)44)39-33(42)28-16-23(19-40(28)35(45)38-32-25-13-14-48-31(25)12-11-29(32)41)47-30-17-26(20-7-5-4-6-8-20)37-27-15-22(46-2)9-10-24(27)30/h3-10,13-15,17,21,23,28-29,32,41H,1,11-12,16,18-19H2,2H3,(H,38,45)(H,39,42)(H,43,44)/t21?,23-,28+,29-,32?,36-/m1/s1. The van der Waals surface area contributed by atoms with Gasteiger partial charge in [0.05, 0.1) is 37.0 Å². The molecular formula is C36H36N4O7S. The molecule has 7 rings (SSSR count). The number of carboxylic acids is 1. The lowest BCUT2D eigenvalue weighted by Crippen LogP contribution is -2.55. The zero-order chi connectivity index (χ0) is 33.6. The molecule has 48 heavy (non-hydrogen) atoms. The Labute approximate surface area is 281 Å². The van der Waals surface area contributed by atoms with Crippen molar-refractivity contribution in [2.45, 2.75) is 55.5 Å². The molecule has 0 bridgehead atoms. The van der Waals surface area contributed by atoms with E-state index in [1.165, 1.54) is 11.0 Å². The highest BCUT2D eigenvalue weighted by atomic mass is 32.1. The van der Waals surface area contributed by atoms with Crippen molar-refractivity contribution >= 4 is 40.1 Å². The van der Waals surface area contributed by atoms with E-state index in [2.05, 4.69) is 17.2 Å². The zero-order valence-electron chi connectivity index (χ0n) is 26.3. The van der Waals surface area contributed by atoms with Crippen LogP contribution in [0.2, 0.25) is 0 Å². The van der Waals surface area contributed by atoms with Crippen LogP contribution in [0.4, 0.5) is 4.79 Å². The average Bonchev–Trinajstić information content (AvgIpc) is 3.38. The van der Waals surface area contributed by atoms with Gasteiger partial charge in [0.25, 0.3) is 0 Å². The molecule has 2 fully saturated rings. The second-order valence-electron chi connectivity index (χ2n) is 12.5. The summed E-state index contributed by atoms with van der Waals surface area (Å²) in [6.45, 7) is 3.76. The van der Waals surface area contributed by atoms with E-state index < -0.39 is 53.7 Å². The lowest BCUT2D eigenvalue weighted by atomic mass is 9.91. The first-order valence-electron chi connectivity index (χ1n) is 15.9. The van der Waals surface area contributed by atoms with Crippen LogP contribution in [0.25, 0.3) is 22.2 Å². The van der Waals surface area contributed by atoms with Crippen LogP contribution in [0.3, 0.4) is 0 Å². The van der Waals surface area contributed by atoms with Gasteiger partial charge in [-0.15, -0.1) is 17.9 Å². The monoisotopic (exact) mass is 668 g/mol. The fourth-order valence-corrected chi connectivity index (χ4v) is 7.83. The highest BCUT2D eigenvalue weighted by molar-refractivity contribution is 7.10. The Bertz CT molecular complexity index is 1900. The van der Waals surface area contributed by atoms with Crippen molar-refractivity contribution in [2.24, 2.45) is 5.92 Å². The topological polar surface area (TPSA) is 150 Å². The number of thiophene rings is 1. The van der Waals surface area contributed by atoms with E-state index in [-0.39, 0.29) is 19.4 Å². The number of nitrogens with one attached hydrogen (secondary N) is 2. The summed E-state index contributed by atoms with van der Waals surface area (Å²) in [7, 11) is 1.59. The van der Waals surface area contributed by atoms with Crippen molar-refractivity contribution in [1.29, 1.82) is 0 Å². The number of hydrogen-bond acceptors (Lipinski definition) is 8. The summed E-state index contributed by atoms with van der Waals surface area (Å²) in [5.41, 5.74) is 1.62. The number of ether oxygens (including phenoxy) is 2. The molecule has 2 unspecified atom stereocenters. The summed E-state index contributed by atoms with van der Waals surface area (Å²) in [4.78, 5) is 47.4. The Hall–Kier alpha value is -4.94. The summed E-state index contributed by atoms with van der Waals surface area (Å²) in [6, 6.07) is 16.7. The normalized spacial score (nSPS) is 26.0. The smallest absolute Gasteiger partial charge is 0.330 e. The molecule has 2 aromatic heterocycles. The Morgan fingerprint density at radius 1 is 1.15 bits per heavy atom. The van der Waals surface area contributed by atoms with Crippen molar-refractivity contribution in [3.63, 3.8) is 0 Å². The molecule has 4 N–H and O–H groups in total. The molecular weight excluding hydrogens is 632 g/mol. The number of aliphatic carboxylic acids is 1.